The van der Waals surface area contributed by atoms with E-state index < -0.39 is 0 Å². The Morgan fingerprint density at radius 1 is 1.67 bits per heavy atom. The highest BCUT2D eigenvalue weighted by Gasteiger charge is 2.19. The second-order valence-corrected chi connectivity index (χ2v) is 3.32. The molecule has 0 radical (unpaired) electrons. The van der Waals surface area contributed by atoms with E-state index in [1.54, 1.807) is 7.11 Å². The number of halogens is 1. The predicted molar refractivity (Wildman–Crippen MR) is 48.8 cm³/mol. The van der Waals surface area contributed by atoms with Crippen LogP contribution in [0.3, 0.4) is 0 Å². The van der Waals surface area contributed by atoms with Crippen LogP contribution in [0.5, 0.6) is 0 Å². The fourth-order valence-electron chi connectivity index (χ4n) is 1.39. The molecule has 0 amide bonds. The molecule has 3 nitrogen and oxygen atoms in total. The minimum absolute atomic E-state index is 0.229. The minimum Gasteiger partial charge on any atom is -0.382 e. The van der Waals surface area contributed by atoms with Crippen molar-refractivity contribution in [3.63, 3.8) is 0 Å². The fraction of sp³-hybridized carbons (Fsp3) is 1.00. The molecule has 0 bridgehead atoms. The smallest absolute Gasteiger partial charge is 0.0935 e. The third-order valence-electron chi connectivity index (χ3n) is 1.98. The first-order valence-electron chi connectivity index (χ1n) is 4.25. The zero-order valence-electron chi connectivity index (χ0n) is 7.46. The summed E-state index contributed by atoms with van der Waals surface area (Å²) in [6, 6.07) is 0. The van der Waals surface area contributed by atoms with Crippen LogP contribution in [-0.2, 0) is 9.47 Å². The maximum Gasteiger partial charge on any atom is 0.0935 e. The Balaban J connectivity index is 2.20. The second kappa shape index (κ2) is 5.75. The van der Waals surface area contributed by atoms with Gasteiger partial charge >= 0.3 is 0 Å². The van der Waals surface area contributed by atoms with E-state index >= 15 is 0 Å². The molecule has 0 spiro atoms. The van der Waals surface area contributed by atoms with E-state index in [4.69, 9.17) is 21.1 Å². The zero-order chi connectivity index (χ0) is 8.81. The Labute approximate surface area is 78.6 Å². The van der Waals surface area contributed by atoms with E-state index in [1.807, 2.05) is 0 Å². The fourth-order valence-corrected chi connectivity index (χ4v) is 1.63. The van der Waals surface area contributed by atoms with Gasteiger partial charge in [0.2, 0.25) is 0 Å². The Kier molecular flexibility index (Phi) is 4.92. The summed E-state index contributed by atoms with van der Waals surface area (Å²) in [6.45, 7) is 4.36. The number of nitrogens with zero attached hydrogens (tertiary/aromatic N) is 1. The lowest BCUT2D eigenvalue weighted by Crippen LogP contribution is -2.44. The van der Waals surface area contributed by atoms with Crippen LogP contribution in [0.2, 0.25) is 0 Å². The molecule has 0 N–H and O–H groups in total. The van der Waals surface area contributed by atoms with Gasteiger partial charge in [-0.2, -0.15) is 0 Å². The van der Waals surface area contributed by atoms with Crippen molar-refractivity contribution in [3.8, 4) is 0 Å². The van der Waals surface area contributed by atoms with Crippen molar-refractivity contribution in [2.75, 3.05) is 45.8 Å². The Morgan fingerprint density at radius 2 is 2.50 bits per heavy atom. The number of rotatable bonds is 4. The zero-order valence-corrected chi connectivity index (χ0v) is 8.22. The number of alkyl halides is 1. The van der Waals surface area contributed by atoms with Gasteiger partial charge in [-0.3, -0.25) is 4.90 Å². The number of morpholine rings is 1. The summed E-state index contributed by atoms with van der Waals surface area (Å²) < 4.78 is 10.5. The van der Waals surface area contributed by atoms with Gasteiger partial charge in [0, 0.05) is 32.6 Å². The average molecular weight is 194 g/mol. The van der Waals surface area contributed by atoms with E-state index in [1.165, 1.54) is 0 Å². The van der Waals surface area contributed by atoms with Crippen molar-refractivity contribution in [2.45, 2.75) is 6.10 Å². The first-order chi connectivity index (χ1) is 5.86. The molecule has 0 saturated carbocycles. The summed E-state index contributed by atoms with van der Waals surface area (Å²) in [5.74, 6) is 0.694. The summed E-state index contributed by atoms with van der Waals surface area (Å²) in [6.07, 6.45) is 0.229. The number of ether oxygens (including phenoxy) is 2. The monoisotopic (exact) mass is 193 g/mol. The largest absolute Gasteiger partial charge is 0.382 e. The lowest BCUT2D eigenvalue weighted by atomic mass is 10.3. The SMILES string of the molecule is COC[C@@H]1CN(CCCl)CCO1. The summed E-state index contributed by atoms with van der Waals surface area (Å²) >= 11 is 5.65. The molecule has 0 aromatic rings. The normalized spacial score (nSPS) is 26.0. The third-order valence-corrected chi connectivity index (χ3v) is 2.15. The molecule has 0 aromatic heterocycles. The Morgan fingerprint density at radius 3 is 3.17 bits per heavy atom. The molecule has 1 heterocycles. The topological polar surface area (TPSA) is 21.7 Å². The Bertz CT molecular complexity index is 108. The third kappa shape index (κ3) is 3.27. The number of methoxy groups -OCH3 is 1. The molecule has 0 aliphatic carbocycles. The van der Waals surface area contributed by atoms with Gasteiger partial charge < -0.3 is 9.47 Å². The van der Waals surface area contributed by atoms with Crippen molar-refractivity contribution >= 4 is 11.6 Å². The van der Waals surface area contributed by atoms with Crippen LogP contribution in [0.15, 0.2) is 0 Å². The van der Waals surface area contributed by atoms with Crippen LogP contribution in [-0.4, -0.2) is 56.8 Å². The van der Waals surface area contributed by atoms with Crippen LogP contribution in [0.1, 0.15) is 0 Å². The van der Waals surface area contributed by atoms with Crippen molar-refractivity contribution in [1.82, 2.24) is 4.90 Å². The van der Waals surface area contributed by atoms with Gasteiger partial charge in [0.15, 0.2) is 0 Å². The quantitative estimate of drug-likeness (QED) is 0.610. The van der Waals surface area contributed by atoms with Crippen molar-refractivity contribution in [3.05, 3.63) is 0 Å². The summed E-state index contributed by atoms with van der Waals surface area (Å²) in [5, 5.41) is 0. The highest BCUT2D eigenvalue weighted by atomic mass is 35.5. The summed E-state index contributed by atoms with van der Waals surface area (Å²) in [4.78, 5) is 2.31. The van der Waals surface area contributed by atoms with E-state index in [-0.39, 0.29) is 6.10 Å². The van der Waals surface area contributed by atoms with Crippen molar-refractivity contribution in [2.24, 2.45) is 0 Å². The summed E-state index contributed by atoms with van der Waals surface area (Å²) in [7, 11) is 1.70. The summed E-state index contributed by atoms with van der Waals surface area (Å²) in [5.41, 5.74) is 0. The van der Waals surface area contributed by atoms with Gasteiger partial charge in [-0.15, -0.1) is 11.6 Å². The highest BCUT2D eigenvalue weighted by molar-refractivity contribution is 6.18. The van der Waals surface area contributed by atoms with Gasteiger partial charge in [0.25, 0.3) is 0 Å². The lowest BCUT2D eigenvalue weighted by Gasteiger charge is -2.31. The van der Waals surface area contributed by atoms with Gasteiger partial charge in [0.05, 0.1) is 19.3 Å². The van der Waals surface area contributed by atoms with Crippen molar-refractivity contribution in [1.29, 1.82) is 0 Å². The van der Waals surface area contributed by atoms with E-state index in [9.17, 15) is 0 Å². The standard InChI is InChI=1S/C8H16ClNO2/c1-11-7-8-6-10(3-2-9)4-5-12-8/h8H,2-7H2,1H3/t8-/m0/s1. The maximum absolute atomic E-state index is 5.65. The van der Waals surface area contributed by atoms with Crippen LogP contribution in [0.25, 0.3) is 0 Å². The van der Waals surface area contributed by atoms with Gasteiger partial charge in [0.1, 0.15) is 0 Å². The molecule has 1 fully saturated rings. The Hall–Kier alpha value is 0.170. The first-order valence-corrected chi connectivity index (χ1v) is 4.79. The molecule has 1 atom stereocenters. The van der Waals surface area contributed by atoms with Crippen LogP contribution >= 0.6 is 11.6 Å². The van der Waals surface area contributed by atoms with E-state index in [0.29, 0.717) is 12.5 Å². The minimum atomic E-state index is 0.229. The molecular formula is C8H16ClNO2. The predicted octanol–water partition coefficient (Wildman–Crippen LogP) is 0.572. The van der Waals surface area contributed by atoms with Crippen LogP contribution in [0, 0.1) is 0 Å². The molecule has 12 heavy (non-hydrogen) atoms. The van der Waals surface area contributed by atoms with E-state index in [0.717, 1.165) is 26.2 Å². The number of hydrogen-bond acceptors (Lipinski definition) is 3. The first kappa shape index (κ1) is 10.3. The lowest BCUT2D eigenvalue weighted by molar-refractivity contribution is -0.0593. The molecule has 0 aromatic carbocycles. The molecule has 1 aliphatic heterocycles. The molecule has 4 heteroatoms. The van der Waals surface area contributed by atoms with Gasteiger partial charge in [-0.05, 0) is 0 Å². The van der Waals surface area contributed by atoms with Gasteiger partial charge in [-0.25, -0.2) is 0 Å². The molecule has 1 saturated heterocycles. The van der Waals surface area contributed by atoms with Gasteiger partial charge in [-0.1, -0.05) is 0 Å². The second-order valence-electron chi connectivity index (χ2n) is 2.94. The van der Waals surface area contributed by atoms with Crippen LogP contribution < -0.4 is 0 Å². The molecule has 1 rings (SSSR count). The number of hydrogen-bond donors (Lipinski definition) is 0. The molecule has 1 aliphatic rings. The average Bonchev–Trinajstić information content (AvgIpc) is 2.06. The van der Waals surface area contributed by atoms with Crippen LogP contribution in [0.4, 0.5) is 0 Å². The van der Waals surface area contributed by atoms with E-state index in [2.05, 4.69) is 4.90 Å². The molecule has 72 valence electrons. The molecule has 0 unspecified atom stereocenters. The highest BCUT2D eigenvalue weighted by Crippen LogP contribution is 2.05. The van der Waals surface area contributed by atoms with Crippen molar-refractivity contribution < 1.29 is 9.47 Å². The molecular weight excluding hydrogens is 178 g/mol. The maximum atomic E-state index is 5.65.